The van der Waals surface area contributed by atoms with Crippen LogP contribution in [0.15, 0.2) is 36.8 Å². The van der Waals surface area contributed by atoms with E-state index in [2.05, 4.69) is 20.3 Å². The zero-order valence-corrected chi connectivity index (χ0v) is 12.8. The second-order valence-corrected chi connectivity index (χ2v) is 5.82. The minimum absolute atomic E-state index is 0.215. The zero-order valence-electron chi connectivity index (χ0n) is 12.8. The molecule has 7 heteroatoms. The Bertz CT molecular complexity index is 902. The first-order chi connectivity index (χ1) is 11.7. The van der Waals surface area contributed by atoms with Gasteiger partial charge >= 0.3 is 5.97 Å². The van der Waals surface area contributed by atoms with E-state index in [1.54, 1.807) is 24.3 Å². The Morgan fingerprint density at radius 2 is 2.21 bits per heavy atom. The van der Waals surface area contributed by atoms with Crippen molar-refractivity contribution in [3.05, 3.63) is 48.0 Å². The Morgan fingerprint density at radius 3 is 3.00 bits per heavy atom. The van der Waals surface area contributed by atoms with E-state index in [0.717, 1.165) is 11.2 Å². The quantitative estimate of drug-likeness (QED) is 0.644. The van der Waals surface area contributed by atoms with Crippen LogP contribution in [0.25, 0.3) is 10.9 Å². The van der Waals surface area contributed by atoms with E-state index in [-0.39, 0.29) is 5.56 Å². The fourth-order valence-electron chi connectivity index (χ4n) is 2.53. The van der Waals surface area contributed by atoms with Gasteiger partial charge in [-0.15, -0.1) is 0 Å². The number of benzene rings is 1. The summed E-state index contributed by atoms with van der Waals surface area (Å²) in [5.41, 5.74) is 1.82. The van der Waals surface area contributed by atoms with Crippen LogP contribution in [0.5, 0.6) is 11.6 Å². The first-order valence-electron chi connectivity index (χ1n) is 7.75. The van der Waals surface area contributed by atoms with Gasteiger partial charge in [-0.2, -0.15) is 0 Å². The van der Waals surface area contributed by atoms with Crippen molar-refractivity contribution in [2.45, 2.75) is 25.4 Å². The lowest BCUT2D eigenvalue weighted by atomic mass is 10.1. The molecule has 0 bridgehead atoms. The minimum Gasteiger partial charge on any atom is -0.478 e. The lowest BCUT2D eigenvalue weighted by Gasteiger charge is -2.07. The molecule has 0 radical (unpaired) electrons. The number of fused-ring (bicyclic) bond motifs is 1. The van der Waals surface area contributed by atoms with E-state index in [9.17, 15) is 9.90 Å². The number of ether oxygens (including phenoxy) is 1. The summed E-state index contributed by atoms with van der Waals surface area (Å²) in [5, 5.41) is 13.2. The van der Waals surface area contributed by atoms with Crippen molar-refractivity contribution in [1.29, 1.82) is 0 Å². The van der Waals surface area contributed by atoms with Crippen LogP contribution >= 0.6 is 0 Å². The van der Waals surface area contributed by atoms with Crippen LogP contribution in [0.3, 0.4) is 0 Å². The Hall–Kier alpha value is -2.93. The number of carboxylic acids is 1. The number of hydrogen-bond donors (Lipinski definition) is 3. The van der Waals surface area contributed by atoms with Crippen molar-refractivity contribution < 1.29 is 14.6 Å². The van der Waals surface area contributed by atoms with Crippen molar-refractivity contribution >= 4 is 16.9 Å². The van der Waals surface area contributed by atoms with E-state index in [0.29, 0.717) is 29.6 Å². The summed E-state index contributed by atoms with van der Waals surface area (Å²) in [6.45, 7) is 0.684. The number of nitrogens with zero attached hydrogens (tertiary/aromatic N) is 2. The van der Waals surface area contributed by atoms with Gasteiger partial charge in [-0.1, -0.05) is 0 Å². The average Bonchev–Trinajstić information content (AvgIpc) is 3.31. The number of carboxylic acid groups (broad SMARTS) is 1. The van der Waals surface area contributed by atoms with E-state index in [1.807, 2.05) is 0 Å². The zero-order chi connectivity index (χ0) is 16.5. The van der Waals surface area contributed by atoms with Crippen molar-refractivity contribution in [3.8, 4) is 11.6 Å². The number of aromatic carboxylic acids is 1. The molecule has 0 atom stereocenters. The lowest BCUT2D eigenvalue weighted by Crippen LogP contribution is -2.16. The van der Waals surface area contributed by atoms with Crippen molar-refractivity contribution in [3.63, 3.8) is 0 Å². The third-order valence-electron chi connectivity index (χ3n) is 3.95. The number of nitrogens with one attached hydrogen (secondary N) is 2. The molecule has 122 valence electrons. The molecule has 0 aliphatic heterocycles. The molecule has 1 saturated carbocycles. The highest BCUT2D eigenvalue weighted by Crippen LogP contribution is 2.27. The Labute approximate surface area is 137 Å². The predicted octanol–water partition coefficient (Wildman–Crippen LogP) is 2.70. The predicted molar refractivity (Wildman–Crippen MR) is 87.2 cm³/mol. The number of carbonyl (C=O) groups is 1. The Kier molecular flexibility index (Phi) is 3.62. The van der Waals surface area contributed by atoms with E-state index in [1.165, 1.54) is 25.4 Å². The second-order valence-electron chi connectivity index (χ2n) is 5.82. The van der Waals surface area contributed by atoms with Gasteiger partial charge in [-0.25, -0.2) is 14.8 Å². The van der Waals surface area contributed by atoms with Gasteiger partial charge < -0.3 is 20.1 Å². The highest BCUT2D eigenvalue weighted by Gasteiger charge is 2.20. The van der Waals surface area contributed by atoms with E-state index in [4.69, 9.17) is 4.74 Å². The van der Waals surface area contributed by atoms with Gasteiger partial charge in [0.2, 0.25) is 5.88 Å². The summed E-state index contributed by atoms with van der Waals surface area (Å²) in [6.07, 6.45) is 5.38. The number of aromatic nitrogens is 3. The number of aromatic amines is 1. The topological polar surface area (TPSA) is 100 Å². The Morgan fingerprint density at radius 1 is 1.33 bits per heavy atom. The SMILES string of the molecule is O=C(O)c1c[nH]c2ccc(Oc3cc(CNC4CC4)ncn3)cc12. The van der Waals surface area contributed by atoms with E-state index < -0.39 is 5.97 Å². The average molecular weight is 324 g/mol. The molecule has 2 aromatic heterocycles. The van der Waals surface area contributed by atoms with Gasteiger partial charge in [-0.3, -0.25) is 0 Å². The fraction of sp³-hybridized carbons (Fsp3) is 0.235. The van der Waals surface area contributed by atoms with Gasteiger partial charge in [0.05, 0.1) is 11.3 Å². The molecule has 24 heavy (non-hydrogen) atoms. The number of rotatable bonds is 6. The fourth-order valence-corrected chi connectivity index (χ4v) is 2.53. The highest BCUT2D eigenvalue weighted by molar-refractivity contribution is 6.03. The molecule has 1 aliphatic carbocycles. The first kappa shape index (κ1) is 14.6. The molecule has 2 heterocycles. The van der Waals surface area contributed by atoms with E-state index >= 15 is 0 Å². The molecule has 1 aliphatic rings. The molecular weight excluding hydrogens is 308 g/mol. The number of hydrogen-bond acceptors (Lipinski definition) is 5. The summed E-state index contributed by atoms with van der Waals surface area (Å²) >= 11 is 0. The molecule has 0 unspecified atom stereocenters. The molecule has 0 spiro atoms. The van der Waals surface area contributed by atoms with Crippen LogP contribution < -0.4 is 10.1 Å². The monoisotopic (exact) mass is 324 g/mol. The summed E-state index contributed by atoms with van der Waals surface area (Å²) < 4.78 is 5.77. The van der Waals surface area contributed by atoms with Gasteiger partial charge in [-0.05, 0) is 31.0 Å². The van der Waals surface area contributed by atoms with Crippen LogP contribution in [-0.4, -0.2) is 32.1 Å². The van der Waals surface area contributed by atoms with Gasteiger partial charge in [0.15, 0.2) is 0 Å². The lowest BCUT2D eigenvalue weighted by molar-refractivity contribution is 0.0699. The standard InChI is InChI=1S/C17H16N4O3/c22-17(23)14-8-19-15-4-3-12(6-13(14)15)24-16-5-11(20-9-21-16)7-18-10-1-2-10/h3-6,8-10,18-19H,1-2,7H2,(H,22,23). The first-order valence-corrected chi connectivity index (χ1v) is 7.75. The maximum absolute atomic E-state index is 11.2. The summed E-state index contributed by atoms with van der Waals surface area (Å²) in [5.74, 6) is -0.0115. The third-order valence-corrected chi connectivity index (χ3v) is 3.95. The second kappa shape index (κ2) is 5.93. The van der Waals surface area contributed by atoms with Gasteiger partial charge in [0.1, 0.15) is 12.1 Å². The van der Waals surface area contributed by atoms with Crippen LogP contribution in [0.2, 0.25) is 0 Å². The normalized spacial score (nSPS) is 14.0. The maximum Gasteiger partial charge on any atom is 0.337 e. The minimum atomic E-state index is -0.978. The number of H-pyrrole nitrogens is 1. The summed E-state index contributed by atoms with van der Waals surface area (Å²) in [6, 6.07) is 7.64. The molecule has 4 rings (SSSR count). The molecule has 3 aromatic rings. The Balaban J connectivity index is 1.55. The molecule has 0 amide bonds. The smallest absolute Gasteiger partial charge is 0.337 e. The van der Waals surface area contributed by atoms with Crippen molar-refractivity contribution in [1.82, 2.24) is 20.3 Å². The van der Waals surface area contributed by atoms with Crippen LogP contribution in [0.4, 0.5) is 0 Å². The largest absolute Gasteiger partial charge is 0.478 e. The van der Waals surface area contributed by atoms with Crippen molar-refractivity contribution in [2.24, 2.45) is 0 Å². The molecule has 0 saturated heterocycles. The summed E-state index contributed by atoms with van der Waals surface area (Å²) in [4.78, 5) is 22.5. The maximum atomic E-state index is 11.2. The molecule has 3 N–H and O–H groups in total. The molecule has 1 fully saturated rings. The molecule has 1 aromatic carbocycles. The molecular formula is C17H16N4O3. The van der Waals surface area contributed by atoms with Crippen LogP contribution in [0, 0.1) is 0 Å². The van der Waals surface area contributed by atoms with Crippen LogP contribution in [0.1, 0.15) is 28.9 Å². The van der Waals surface area contributed by atoms with Crippen molar-refractivity contribution in [2.75, 3.05) is 0 Å². The third kappa shape index (κ3) is 3.07. The highest BCUT2D eigenvalue weighted by atomic mass is 16.5. The van der Waals surface area contributed by atoms with Crippen LogP contribution in [-0.2, 0) is 6.54 Å². The van der Waals surface area contributed by atoms with Gasteiger partial charge in [0.25, 0.3) is 0 Å². The molecule has 7 nitrogen and oxygen atoms in total. The van der Waals surface area contributed by atoms with Gasteiger partial charge in [0, 0.05) is 35.8 Å². The summed E-state index contributed by atoms with van der Waals surface area (Å²) in [7, 11) is 0.